The molecule has 0 bridgehead atoms. The van der Waals surface area contributed by atoms with Gasteiger partial charge in [0.15, 0.2) is 0 Å². The summed E-state index contributed by atoms with van der Waals surface area (Å²) in [5, 5.41) is 16.3. The number of benzene rings is 3. The summed E-state index contributed by atoms with van der Waals surface area (Å²) in [7, 11) is 2.17. The Morgan fingerprint density at radius 3 is 2.40 bits per heavy atom. The highest BCUT2D eigenvalue weighted by molar-refractivity contribution is 6.06. The standard InChI is InChI=1S/C40H44N4O4/c1-43-23-24-44-34-25-29(16-19-33(34)36(28-9-3-2-4-10-28)37(44)32-12-6-5-11-30(32)26-43)38(47)42-40(21-7-8-22-40)39(48)41-31-17-13-27(14-18-31)15-20-35(45)46/h5-6,11-20,25,28H,2-4,7-10,21-24,26H2,1H3,(H,41,48)(H,42,47)(H,45,46)/b20-15+. The molecule has 1 aliphatic heterocycles. The predicted octanol–water partition coefficient (Wildman–Crippen LogP) is 7.58. The topological polar surface area (TPSA) is 104 Å². The monoisotopic (exact) mass is 644 g/mol. The van der Waals surface area contributed by atoms with E-state index >= 15 is 0 Å². The lowest BCUT2D eigenvalue weighted by Crippen LogP contribution is -2.55. The third-order valence-corrected chi connectivity index (χ3v) is 10.6. The van der Waals surface area contributed by atoms with Crippen LogP contribution in [-0.4, -0.2) is 51.5 Å². The molecule has 48 heavy (non-hydrogen) atoms. The number of aliphatic carboxylic acids is 1. The van der Waals surface area contributed by atoms with Crippen LogP contribution in [0, 0.1) is 0 Å². The first kappa shape index (κ1) is 31.9. The van der Waals surface area contributed by atoms with E-state index < -0.39 is 11.5 Å². The summed E-state index contributed by atoms with van der Waals surface area (Å²) >= 11 is 0. The number of anilines is 1. The third-order valence-electron chi connectivity index (χ3n) is 10.6. The molecule has 2 saturated carbocycles. The Bertz CT molecular complexity index is 1880. The maximum atomic E-state index is 14.1. The number of carbonyl (C=O) groups is 3. The van der Waals surface area contributed by atoms with Gasteiger partial charge in [-0.25, -0.2) is 4.79 Å². The van der Waals surface area contributed by atoms with Gasteiger partial charge < -0.3 is 25.2 Å². The molecule has 248 valence electrons. The Morgan fingerprint density at radius 1 is 0.896 bits per heavy atom. The number of nitrogens with zero attached hydrogens (tertiary/aromatic N) is 2. The number of amides is 2. The van der Waals surface area contributed by atoms with Crippen molar-refractivity contribution >= 4 is 40.4 Å². The van der Waals surface area contributed by atoms with Crippen LogP contribution in [0.2, 0.25) is 0 Å². The number of carbonyl (C=O) groups excluding carboxylic acids is 2. The van der Waals surface area contributed by atoms with E-state index in [0.29, 0.717) is 30.0 Å². The molecule has 8 heteroatoms. The molecule has 3 aliphatic rings. The fraction of sp³-hybridized carbons (Fsp3) is 0.375. The summed E-state index contributed by atoms with van der Waals surface area (Å²) in [5.74, 6) is -0.984. The largest absolute Gasteiger partial charge is 0.478 e. The van der Waals surface area contributed by atoms with Crippen molar-refractivity contribution in [3.8, 4) is 11.3 Å². The van der Waals surface area contributed by atoms with Crippen LogP contribution in [0.25, 0.3) is 28.2 Å². The fourth-order valence-corrected chi connectivity index (χ4v) is 8.15. The first-order chi connectivity index (χ1) is 23.3. The average molecular weight is 645 g/mol. The van der Waals surface area contributed by atoms with Crippen molar-refractivity contribution in [1.29, 1.82) is 0 Å². The molecule has 3 aromatic carbocycles. The van der Waals surface area contributed by atoms with Crippen LogP contribution in [0.3, 0.4) is 0 Å². The van der Waals surface area contributed by atoms with Crippen LogP contribution in [-0.2, 0) is 22.7 Å². The van der Waals surface area contributed by atoms with Crippen molar-refractivity contribution in [2.75, 3.05) is 18.9 Å². The Kier molecular flexibility index (Phi) is 8.92. The highest BCUT2D eigenvalue weighted by atomic mass is 16.4. The summed E-state index contributed by atoms with van der Waals surface area (Å²) in [5.41, 5.74) is 7.34. The van der Waals surface area contributed by atoms with E-state index in [-0.39, 0.29) is 11.8 Å². The lowest BCUT2D eigenvalue weighted by molar-refractivity contribution is -0.131. The second-order valence-electron chi connectivity index (χ2n) is 13.9. The molecule has 3 N–H and O–H groups in total. The molecule has 2 fully saturated rings. The van der Waals surface area contributed by atoms with Crippen molar-refractivity contribution in [3.63, 3.8) is 0 Å². The normalized spacial score (nSPS) is 18.2. The van der Waals surface area contributed by atoms with E-state index in [1.165, 1.54) is 66.0 Å². The summed E-state index contributed by atoms with van der Waals surface area (Å²) in [4.78, 5) is 41.1. The zero-order valence-electron chi connectivity index (χ0n) is 27.6. The van der Waals surface area contributed by atoms with Crippen LogP contribution < -0.4 is 10.6 Å². The molecule has 0 atom stereocenters. The Morgan fingerprint density at radius 2 is 1.65 bits per heavy atom. The number of carboxylic acid groups (broad SMARTS) is 1. The lowest BCUT2D eigenvalue weighted by Gasteiger charge is -2.29. The van der Waals surface area contributed by atoms with Crippen LogP contribution >= 0.6 is 0 Å². The van der Waals surface area contributed by atoms with Crippen molar-refractivity contribution in [2.45, 2.75) is 82.3 Å². The first-order valence-corrected chi connectivity index (χ1v) is 17.4. The number of aromatic nitrogens is 1. The Hall–Kier alpha value is -4.69. The zero-order valence-corrected chi connectivity index (χ0v) is 27.6. The molecular weight excluding hydrogens is 600 g/mol. The molecule has 7 rings (SSSR count). The maximum absolute atomic E-state index is 14.1. The van der Waals surface area contributed by atoms with Gasteiger partial charge in [-0.2, -0.15) is 0 Å². The van der Waals surface area contributed by atoms with Gasteiger partial charge in [-0.15, -0.1) is 0 Å². The number of rotatable bonds is 7. The van der Waals surface area contributed by atoms with Gasteiger partial charge in [0, 0.05) is 53.4 Å². The van der Waals surface area contributed by atoms with Gasteiger partial charge in [0.1, 0.15) is 5.54 Å². The number of nitrogens with one attached hydrogen (secondary N) is 2. The van der Waals surface area contributed by atoms with Gasteiger partial charge in [0.05, 0.1) is 5.69 Å². The van der Waals surface area contributed by atoms with E-state index in [0.717, 1.165) is 49.6 Å². The molecule has 4 aromatic rings. The first-order valence-electron chi connectivity index (χ1n) is 17.4. The van der Waals surface area contributed by atoms with E-state index in [9.17, 15) is 14.4 Å². The molecule has 2 aliphatic carbocycles. The molecular formula is C40H44N4O4. The van der Waals surface area contributed by atoms with Gasteiger partial charge >= 0.3 is 5.97 Å². The quantitative estimate of drug-likeness (QED) is 0.180. The van der Waals surface area contributed by atoms with Gasteiger partial charge in [0.25, 0.3) is 5.91 Å². The fourth-order valence-electron chi connectivity index (χ4n) is 8.15. The van der Waals surface area contributed by atoms with Crippen molar-refractivity contribution in [2.24, 2.45) is 0 Å². The molecule has 0 unspecified atom stereocenters. The van der Waals surface area contributed by atoms with Gasteiger partial charge in [-0.1, -0.05) is 74.6 Å². The second kappa shape index (κ2) is 13.4. The van der Waals surface area contributed by atoms with Crippen molar-refractivity contribution in [1.82, 2.24) is 14.8 Å². The summed E-state index contributed by atoms with van der Waals surface area (Å²) in [6, 6.07) is 21.9. The summed E-state index contributed by atoms with van der Waals surface area (Å²) < 4.78 is 2.46. The van der Waals surface area contributed by atoms with Crippen LogP contribution in [0.4, 0.5) is 5.69 Å². The number of hydrogen-bond acceptors (Lipinski definition) is 4. The van der Waals surface area contributed by atoms with Crippen molar-refractivity contribution in [3.05, 3.63) is 95.1 Å². The number of hydrogen-bond donors (Lipinski definition) is 3. The van der Waals surface area contributed by atoms with Crippen molar-refractivity contribution < 1.29 is 19.5 Å². The number of carboxylic acids is 1. The second-order valence-corrected chi connectivity index (χ2v) is 13.9. The highest BCUT2D eigenvalue weighted by Gasteiger charge is 2.43. The third kappa shape index (κ3) is 6.29. The summed E-state index contributed by atoms with van der Waals surface area (Å²) in [6.45, 7) is 2.66. The minimum Gasteiger partial charge on any atom is -0.478 e. The van der Waals surface area contributed by atoms with Crippen LogP contribution in [0.15, 0.2) is 72.8 Å². The molecule has 1 aromatic heterocycles. The molecule has 2 amide bonds. The summed E-state index contributed by atoms with van der Waals surface area (Å²) in [6.07, 6.45) is 11.6. The SMILES string of the molecule is CN1CCn2c(c(C3CCCCC3)c3ccc(C(=O)NC4(C(=O)Nc5ccc(/C=C/C(=O)O)cc5)CCCC4)cc32)-c2ccccc2C1. The van der Waals surface area contributed by atoms with E-state index in [1.807, 2.05) is 6.07 Å². The number of likely N-dealkylation sites (N-methyl/N-ethyl adjacent to an activating group) is 1. The Labute approximate surface area is 281 Å². The van der Waals surface area contributed by atoms with E-state index in [4.69, 9.17) is 5.11 Å². The molecule has 0 spiro atoms. The zero-order chi connectivity index (χ0) is 33.3. The minimum absolute atomic E-state index is 0.227. The Balaban J connectivity index is 1.22. The molecule has 2 heterocycles. The lowest BCUT2D eigenvalue weighted by atomic mass is 9.81. The maximum Gasteiger partial charge on any atom is 0.328 e. The number of fused-ring (bicyclic) bond motifs is 5. The molecule has 8 nitrogen and oxygen atoms in total. The van der Waals surface area contributed by atoms with E-state index in [1.54, 1.807) is 24.3 Å². The highest BCUT2D eigenvalue weighted by Crippen LogP contribution is 2.45. The molecule has 0 radical (unpaired) electrons. The van der Waals surface area contributed by atoms with Gasteiger partial charge in [-0.05, 0) is 85.7 Å². The molecule has 0 saturated heterocycles. The predicted molar refractivity (Wildman–Crippen MR) is 190 cm³/mol. The van der Waals surface area contributed by atoms with Gasteiger partial charge in [0.2, 0.25) is 5.91 Å². The van der Waals surface area contributed by atoms with E-state index in [2.05, 4.69) is 63.5 Å². The van der Waals surface area contributed by atoms with Gasteiger partial charge in [-0.3, -0.25) is 9.59 Å². The van der Waals surface area contributed by atoms with Crippen LogP contribution in [0.1, 0.15) is 90.8 Å². The minimum atomic E-state index is -1.02. The average Bonchev–Trinajstić information content (AvgIpc) is 3.69. The smallest absolute Gasteiger partial charge is 0.328 e. The van der Waals surface area contributed by atoms with Crippen LogP contribution in [0.5, 0.6) is 0 Å².